The van der Waals surface area contributed by atoms with Gasteiger partial charge < -0.3 is 5.32 Å². The van der Waals surface area contributed by atoms with Crippen LogP contribution in [-0.4, -0.2) is 15.7 Å². The molecular weight excluding hydrogens is 302 g/mol. The molecule has 2 aromatic carbocycles. The first kappa shape index (κ1) is 15.9. The van der Waals surface area contributed by atoms with E-state index in [4.69, 9.17) is 0 Å². The van der Waals surface area contributed by atoms with Crippen molar-refractivity contribution in [1.82, 2.24) is 9.78 Å². The van der Waals surface area contributed by atoms with E-state index in [9.17, 15) is 9.59 Å². The van der Waals surface area contributed by atoms with Crippen molar-refractivity contribution >= 4 is 22.4 Å². The molecule has 0 radical (unpaired) electrons. The van der Waals surface area contributed by atoms with Gasteiger partial charge in [0.1, 0.15) is 6.04 Å². The molecule has 0 spiro atoms. The Kier molecular flexibility index (Phi) is 4.16. The maximum Gasteiger partial charge on any atom is 0.275 e. The maximum atomic E-state index is 12.6. The summed E-state index contributed by atoms with van der Waals surface area (Å²) in [6.07, 6.45) is 1.61. The highest BCUT2D eigenvalue weighted by Gasteiger charge is 2.19. The molecule has 0 saturated carbocycles. The Morgan fingerprint density at radius 3 is 2.71 bits per heavy atom. The summed E-state index contributed by atoms with van der Waals surface area (Å²) in [6, 6.07) is 12.4. The summed E-state index contributed by atoms with van der Waals surface area (Å²) in [7, 11) is 0. The van der Waals surface area contributed by atoms with Crippen LogP contribution < -0.4 is 10.9 Å². The minimum Gasteiger partial charge on any atom is -0.324 e. The second-order valence-corrected chi connectivity index (χ2v) is 5.97. The molecular formula is C19H19N3O2. The fourth-order valence-corrected chi connectivity index (χ4v) is 2.60. The topological polar surface area (TPSA) is 64.0 Å². The number of carbonyl (C=O) groups is 1. The van der Waals surface area contributed by atoms with Crippen LogP contribution in [-0.2, 0) is 4.79 Å². The summed E-state index contributed by atoms with van der Waals surface area (Å²) < 4.78 is 1.22. The zero-order chi connectivity index (χ0) is 17.3. The van der Waals surface area contributed by atoms with Crippen molar-refractivity contribution in [2.24, 2.45) is 0 Å². The molecule has 0 unspecified atom stereocenters. The SMILES string of the molecule is Cc1ccc(C)c(NC(=O)[C@H](C)n2ncc3ccccc3c2=O)c1. The van der Waals surface area contributed by atoms with E-state index < -0.39 is 6.04 Å². The van der Waals surface area contributed by atoms with Crippen LogP contribution >= 0.6 is 0 Å². The fraction of sp³-hybridized carbons (Fsp3) is 0.211. The van der Waals surface area contributed by atoms with Crippen LogP contribution in [0.25, 0.3) is 10.8 Å². The highest BCUT2D eigenvalue weighted by atomic mass is 16.2. The van der Waals surface area contributed by atoms with Gasteiger partial charge in [-0.3, -0.25) is 9.59 Å². The van der Waals surface area contributed by atoms with E-state index in [2.05, 4.69) is 10.4 Å². The predicted molar refractivity (Wildman–Crippen MR) is 95.3 cm³/mol. The molecule has 0 aliphatic heterocycles. The smallest absolute Gasteiger partial charge is 0.275 e. The van der Waals surface area contributed by atoms with E-state index in [0.717, 1.165) is 22.2 Å². The van der Waals surface area contributed by atoms with Gasteiger partial charge in [-0.2, -0.15) is 5.10 Å². The Morgan fingerprint density at radius 2 is 1.92 bits per heavy atom. The number of benzene rings is 2. The van der Waals surface area contributed by atoms with E-state index in [1.54, 1.807) is 25.3 Å². The molecule has 1 aromatic heterocycles. The second-order valence-electron chi connectivity index (χ2n) is 5.97. The Labute approximate surface area is 139 Å². The number of aryl methyl sites for hydroxylation is 2. The van der Waals surface area contributed by atoms with E-state index in [1.807, 2.05) is 44.2 Å². The number of carbonyl (C=O) groups excluding carboxylic acids is 1. The lowest BCUT2D eigenvalue weighted by molar-refractivity contribution is -0.119. The van der Waals surface area contributed by atoms with E-state index >= 15 is 0 Å². The number of aromatic nitrogens is 2. The molecule has 3 aromatic rings. The summed E-state index contributed by atoms with van der Waals surface area (Å²) >= 11 is 0. The number of hydrogen-bond donors (Lipinski definition) is 1. The third-order valence-electron chi connectivity index (χ3n) is 4.12. The first-order valence-electron chi connectivity index (χ1n) is 7.82. The Balaban J connectivity index is 1.92. The van der Waals surface area contributed by atoms with Gasteiger partial charge in [0, 0.05) is 11.1 Å². The van der Waals surface area contributed by atoms with Crippen LogP contribution in [0.3, 0.4) is 0 Å². The molecule has 0 aliphatic carbocycles. The monoisotopic (exact) mass is 321 g/mol. The molecule has 1 N–H and O–H groups in total. The van der Waals surface area contributed by atoms with Crippen LogP contribution in [0, 0.1) is 13.8 Å². The van der Waals surface area contributed by atoms with E-state index in [-0.39, 0.29) is 11.5 Å². The molecule has 0 saturated heterocycles. The summed E-state index contributed by atoms with van der Waals surface area (Å²) in [5.41, 5.74) is 2.52. The number of fused-ring (bicyclic) bond motifs is 1. The Bertz CT molecular complexity index is 976. The Hall–Kier alpha value is -2.95. The van der Waals surface area contributed by atoms with Crippen molar-refractivity contribution in [3.63, 3.8) is 0 Å². The van der Waals surface area contributed by atoms with Crippen LogP contribution in [0.15, 0.2) is 53.5 Å². The second kappa shape index (κ2) is 6.28. The fourth-order valence-electron chi connectivity index (χ4n) is 2.60. The van der Waals surface area contributed by atoms with E-state index in [1.165, 1.54) is 4.68 Å². The number of nitrogens with one attached hydrogen (secondary N) is 1. The van der Waals surface area contributed by atoms with Gasteiger partial charge in [0.25, 0.3) is 5.56 Å². The predicted octanol–water partition coefficient (Wildman–Crippen LogP) is 3.21. The lowest BCUT2D eigenvalue weighted by atomic mass is 10.1. The van der Waals surface area contributed by atoms with Gasteiger partial charge in [0.15, 0.2) is 0 Å². The highest BCUT2D eigenvalue weighted by Crippen LogP contribution is 2.18. The van der Waals surface area contributed by atoms with Gasteiger partial charge >= 0.3 is 0 Å². The molecule has 1 amide bonds. The van der Waals surface area contributed by atoms with Crippen LogP contribution in [0.4, 0.5) is 5.69 Å². The third-order valence-corrected chi connectivity index (χ3v) is 4.12. The van der Waals surface area contributed by atoms with Crippen LogP contribution in [0.5, 0.6) is 0 Å². The molecule has 122 valence electrons. The molecule has 24 heavy (non-hydrogen) atoms. The molecule has 0 aliphatic rings. The molecule has 5 heteroatoms. The third kappa shape index (κ3) is 2.93. The van der Waals surface area contributed by atoms with Crippen molar-refractivity contribution < 1.29 is 4.79 Å². The average molecular weight is 321 g/mol. The zero-order valence-electron chi connectivity index (χ0n) is 13.9. The van der Waals surface area contributed by atoms with Gasteiger partial charge in [-0.05, 0) is 44.0 Å². The molecule has 0 bridgehead atoms. The first-order valence-corrected chi connectivity index (χ1v) is 7.82. The minimum absolute atomic E-state index is 0.267. The minimum atomic E-state index is -0.706. The molecule has 3 rings (SSSR count). The number of rotatable bonds is 3. The number of hydrogen-bond acceptors (Lipinski definition) is 3. The quantitative estimate of drug-likeness (QED) is 0.805. The standard InChI is InChI=1S/C19H19N3O2/c1-12-8-9-13(2)17(10-12)21-18(23)14(3)22-19(24)16-7-5-4-6-15(16)11-20-22/h4-11,14H,1-3H3,(H,21,23)/t14-/m0/s1. The maximum absolute atomic E-state index is 12.6. The zero-order valence-corrected chi connectivity index (χ0v) is 13.9. The summed E-state index contributed by atoms with van der Waals surface area (Å²) in [4.78, 5) is 25.1. The van der Waals surface area contributed by atoms with Gasteiger partial charge in [-0.1, -0.05) is 30.3 Å². The van der Waals surface area contributed by atoms with Crippen molar-refractivity contribution in [2.75, 3.05) is 5.32 Å². The molecule has 0 fully saturated rings. The van der Waals surface area contributed by atoms with Crippen molar-refractivity contribution in [2.45, 2.75) is 26.8 Å². The van der Waals surface area contributed by atoms with Gasteiger partial charge in [0.2, 0.25) is 5.91 Å². The highest BCUT2D eigenvalue weighted by molar-refractivity contribution is 5.94. The van der Waals surface area contributed by atoms with Gasteiger partial charge in [-0.25, -0.2) is 4.68 Å². The summed E-state index contributed by atoms with van der Waals surface area (Å²) in [5, 5.41) is 8.36. The Morgan fingerprint density at radius 1 is 1.17 bits per heavy atom. The van der Waals surface area contributed by atoms with E-state index in [0.29, 0.717) is 5.39 Å². The van der Waals surface area contributed by atoms with Crippen molar-refractivity contribution in [1.29, 1.82) is 0 Å². The normalized spacial score (nSPS) is 12.1. The number of anilines is 1. The molecule has 1 atom stereocenters. The number of nitrogens with zero attached hydrogens (tertiary/aromatic N) is 2. The summed E-state index contributed by atoms with van der Waals surface area (Å²) in [5.74, 6) is -0.270. The first-order chi connectivity index (χ1) is 11.5. The lowest BCUT2D eigenvalue weighted by Gasteiger charge is -2.16. The largest absolute Gasteiger partial charge is 0.324 e. The van der Waals surface area contributed by atoms with Gasteiger partial charge in [0.05, 0.1) is 11.6 Å². The molecule has 5 nitrogen and oxygen atoms in total. The molecule has 1 heterocycles. The van der Waals surface area contributed by atoms with Crippen molar-refractivity contribution in [3.05, 3.63) is 70.1 Å². The van der Waals surface area contributed by atoms with Crippen LogP contribution in [0.2, 0.25) is 0 Å². The lowest BCUT2D eigenvalue weighted by Crippen LogP contribution is -2.33. The summed E-state index contributed by atoms with van der Waals surface area (Å²) in [6.45, 7) is 5.57. The van der Waals surface area contributed by atoms with Crippen molar-refractivity contribution in [3.8, 4) is 0 Å². The van der Waals surface area contributed by atoms with Gasteiger partial charge in [-0.15, -0.1) is 0 Å². The average Bonchev–Trinajstić information content (AvgIpc) is 2.58. The van der Waals surface area contributed by atoms with Crippen LogP contribution in [0.1, 0.15) is 24.1 Å². The number of amides is 1.